The van der Waals surface area contributed by atoms with Gasteiger partial charge in [0.2, 0.25) is 10.0 Å². The van der Waals surface area contributed by atoms with Crippen LogP contribution in [0.4, 0.5) is 5.69 Å². The second-order valence-electron chi connectivity index (χ2n) is 7.44. The van der Waals surface area contributed by atoms with Crippen molar-refractivity contribution in [1.82, 2.24) is 4.72 Å². The molecule has 2 aliphatic rings. The van der Waals surface area contributed by atoms with Crippen LogP contribution in [-0.4, -0.2) is 19.8 Å². The van der Waals surface area contributed by atoms with E-state index in [1.54, 1.807) is 6.07 Å². The molecule has 1 heterocycles. The Labute approximate surface area is 150 Å². The first kappa shape index (κ1) is 19.3. The molecule has 1 aliphatic carbocycles. The van der Waals surface area contributed by atoms with Gasteiger partial charge in [-0.2, -0.15) is 0 Å². The summed E-state index contributed by atoms with van der Waals surface area (Å²) in [5.74, 6) is 1.50. The highest BCUT2D eigenvalue weighted by atomic mass is 35.5. The zero-order chi connectivity index (χ0) is 16.7. The molecule has 3 rings (SSSR count). The second-order valence-corrected chi connectivity index (χ2v) is 9.31. The minimum atomic E-state index is -3.30. The van der Waals surface area contributed by atoms with Crippen LogP contribution in [0, 0.1) is 5.92 Å². The molecule has 1 atom stereocenters. The maximum absolute atomic E-state index is 12.5. The third-order valence-electron chi connectivity index (χ3n) is 4.83. The van der Waals surface area contributed by atoms with Crippen molar-refractivity contribution in [2.24, 2.45) is 5.92 Å². The number of nitrogens with one attached hydrogen (secondary N) is 1. The number of fused-ring (bicyclic) bond motifs is 1. The molecule has 0 radical (unpaired) electrons. The third-order valence-corrected chi connectivity index (χ3v) is 6.25. The predicted octanol–water partition coefficient (Wildman–Crippen LogP) is 3.40. The van der Waals surface area contributed by atoms with E-state index in [0.29, 0.717) is 23.8 Å². The number of benzene rings is 1. The van der Waals surface area contributed by atoms with Crippen LogP contribution in [-0.2, 0) is 10.0 Å². The van der Waals surface area contributed by atoms with Gasteiger partial charge >= 0.3 is 0 Å². The summed E-state index contributed by atoms with van der Waals surface area (Å²) in [5.41, 5.74) is 6.90. The number of hydrogen-bond donors (Lipinski definition) is 2. The van der Waals surface area contributed by atoms with Gasteiger partial charge in [-0.05, 0) is 44.4 Å². The summed E-state index contributed by atoms with van der Waals surface area (Å²) in [6, 6.07) is 5.12. The van der Waals surface area contributed by atoms with Crippen LogP contribution in [0.2, 0.25) is 0 Å². The van der Waals surface area contributed by atoms with Crippen molar-refractivity contribution in [3.63, 3.8) is 0 Å². The minimum absolute atomic E-state index is 0. The first-order chi connectivity index (χ1) is 10.7. The van der Waals surface area contributed by atoms with E-state index in [9.17, 15) is 8.42 Å². The molecule has 24 heavy (non-hydrogen) atoms. The highest BCUT2D eigenvalue weighted by molar-refractivity contribution is 7.89. The van der Waals surface area contributed by atoms with Gasteiger partial charge in [-0.25, -0.2) is 13.1 Å². The van der Waals surface area contributed by atoms with E-state index < -0.39 is 15.6 Å². The Hall–Kier alpha value is -0.980. The Morgan fingerprint density at radius 2 is 2.04 bits per heavy atom. The molecule has 0 bridgehead atoms. The normalized spacial score (nSPS) is 22.7. The monoisotopic (exact) mass is 374 g/mol. The van der Waals surface area contributed by atoms with E-state index in [1.807, 2.05) is 26.0 Å². The van der Waals surface area contributed by atoms with Crippen LogP contribution >= 0.6 is 12.4 Å². The van der Waals surface area contributed by atoms with E-state index in [2.05, 4.69) is 4.72 Å². The average Bonchev–Trinajstić information content (AvgIpc) is 2.36. The first-order valence-electron chi connectivity index (χ1n) is 8.32. The number of nitrogen functional groups attached to an aromatic ring is 1. The smallest absolute Gasteiger partial charge is 0.212 e. The maximum Gasteiger partial charge on any atom is 0.212 e. The molecule has 1 unspecified atom stereocenters. The number of ether oxygens (including phenoxy) is 1. The van der Waals surface area contributed by atoms with Gasteiger partial charge in [0.1, 0.15) is 11.4 Å². The van der Waals surface area contributed by atoms with Crippen LogP contribution in [0.15, 0.2) is 18.2 Å². The molecule has 5 nitrogen and oxygen atoms in total. The Morgan fingerprint density at radius 1 is 1.33 bits per heavy atom. The van der Waals surface area contributed by atoms with Crippen molar-refractivity contribution >= 4 is 28.1 Å². The summed E-state index contributed by atoms with van der Waals surface area (Å²) < 4.78 is 33.8. The van der Waals surface area contributed by atoms with Gasteiger partial charge in [0.15, 0.2) is 0 Å². The van der Waals surface area contributed by atoms with Crippen molar-refractivity contribution in [3.05, 3.63) is 23.8 Å². The molecule has 1 saturated carbocycles. The molecule has 0 amide bonds. The third kappa shape index (κ3) is 4.55. The van der Waals surface area contributed by atoms with Crippen LogP contribution in [0.5, 0.6) is 5.75 Å². The predicted molar refractivity (Wildman–Crippen MR) is 99.0 cm³/mol. The molecule has 1 aromatic carbocycles. The van der Waals surface area contributed by atoms with Gasteiger partial charge in [-0.1, -0.05) is 19.3 Å². The first-order valence-corrected chi connectivity index (χ1v) is 9.98. The molecule has 0 spiro atoms. The number of hydrogen-bond acceptors (Lipinski definition) is 4. The van der Waals surface area contributed by atoms with E-state index in [0.717, 1.165) is 12.0 Å². The maximum atomic E-state index is 12.5. The van der Waals surface area contributed by atoms with Gasteiger partial charge < -0.3 is 10.5 Å². The summed E-state index contributed by atoms with van der Waals surface area (Å²) in [5, 5.41) is 0. The molecule has 7 heteroatoms. The molecule has 136 valence electrons. The van der Waals surface area contributed by atoms with Gasteiger partial charge in [-0.3, -0.25) is 0 Å². The Balaban J connectivity index is 0.00000208. The van der Waals surface area contributed by atoms with E-state index >= 15 is 0 Å². The van der Waals surface area contributed by atoms with Crippen molar-refractivity contribution < 1.29 is 13.2 Å². The molecular formula is C17H27ClN2O3S. The molecule has 3 N–H and O–H groups in total. The van der Waals surface area contributed by atoms with Crippen molar-refractivity contribution in [3.8, 4) is 5.75 Å². The number of nitrogens with two attached hydrogens (primary N) is 1. The standard InChI is InChI=1S/C17H26N2O3S.ClH/c1-17(2)11-15(14-10-13(18)6-7-16(14)22-17)19-23(20,21)9-8-12-4-3-5-12;/h6-7,10,12,15,19H,3-5,8-9,11,18H2,1-2H3;1H. The summed E-state index contributed by atoms with van der Waals surface area (Å²) >= 11 is 0. The molecule has 0 saturated heterocycles. The molecule has 0 aromatic heterocycles. The summed E-state index contributed by atoms with van der Waals surface area (Å²) in [4.78, 5) is 0. The lowest BCUT2D eigenvalue weighted by Gasteiger charge is -2.38. The SMILES string of the molecule is CC1(C)CC(NS(=O)(=O)CCC2CCC2)c2cc(N)ccc2O1.Cl. The highest BCUT2D eigenvalue weighted by Gasteiger charge is 2.36. The van der Waals surface area contributed by atoms with Crippen LogP contribution in [0.1, 0.15) is 57.6 Å². The Morgan fingerprint density at radius 3 is 2.67 bits per heavy atom. The van der Waals surface area contributed by atoms with Gasteiger partial charge in [0.05, 0.1) is 11.8 Å². The summed E-state index contributed by atoms with van der Waals surface area (Å²) in [6.45, 7) is 3.95. The minimum Gasteiger partial charge on any atom is -0.487 e. The topological polar surface area (TPSA) is 81.4 Å². The fourth-order valence-electron chi connectivity index (χ4n) is 3.36. The average molecular weight is 375 g/mol. The molecule has 1 fully saturated rings. The Bertz CT molecular complexity index is 687. The molecular weight excluding hydrogens is 348 g/mol. The van der Waals surface area contributed by atoms with Gasteiger partial charge in [0.25, 0.3) is 0 Å². The fourth-order valence-corrected chi connectivity index (χ4v) is 4.76. The Kier molecular flexibility index (Phi) is 5.72. The van der Waals surface area contributed by atoms with E-state index in [-0.39, 0.29) is 24.2 Å². The zero-order valence-corrected chi connectivity index (χ0v) is 15.9. The van der Waals surface area contributed by atoms with Crippen LogP contribution < -0.4 is 15.2 Å². The lowest BCUT2D eigenvalue weighted by atomic mass is 9.84. The van der Waals surface area contributed by atoms with E-state index in [4.69, 9.17) is 10.5 Å². The number of sulfonamides is 1. The quantitative estimate of drug-likeness (QED) is 0.774. The molecule has 1 aliphatic heterocycles. The van der Waals surface area contributed by atoms with Crippen LogP contribution in [0.3, 0.4) is 0 Å². The van der Waals surface area contributed by atoms with Crippen molar-refractivity contribution in [2.45, 2.75) is 57.6 Å². The van der Waals surface area contributed by atoms with E-state index in [1.165, 1.54) is 19.3 Å². The fraction of sp³-hybridized carbons (Fsp3) is 0.647. The van der Waals surface area contributed by atoms with Crippen molar-refractivity contribution in [1.29, 1.82) is 0 Å². The number of anilines is 1. The highest BCUT2D eigenvalue weighted by Crippen LogP contribution is 2.40. The van der Waals surface area contributed by atoms with Crippen molar-refractivity contribution in [2.75, 3.05) is 11.5 Å². The van der Waals surface area contributed by atoms with Crippen LogP contribution in [0.25, 0.3) is 0 Å². The lowest BCUT2D eigenvalue weighted by Crippen LogP contribution is -2.42. The largest absolute Gasteiger partial charge is 0.487 e. The summed E-state index contributed by atoms with van der Waals surface area (Å²) in [6.07, 6.45) is 4.91. The second kappa shape index (κ2) is 7.10. The molecule has 1 aromatic rings. The lowest BCUT2D eigenvalue weighted by molar-refractivity contribution is 0.0702. The summed E-state index contributed by atoms with van der Waals surface area (Å²) in [7, 11) is -3.30. The zero-order valence-electron chi connectivity index (χ0n) is 14.2. The number of rotatable bonds is 5. The number of halogens is 1. The van der Waals surface area contributed by atoms with Gasteiger partial charge in [0, 0.05) is 17.7 Å². The van der Waals surface area contributed by atoms with Gasteiger partial charge in [-0.15, -0.1) is 12.4 Å².